The minimum Gasteiger partial charge on any atom is -0.393 e. The lowest BCUT2D eigenvalue weighted by Crippen LogP contribution is -2.60. The molecule has 9 atom stereocenters. The first kappa shape index (κ1) is 21.2. The smallest absolute Gasteiger partial charge is 0.139 e. The van der Waals surface area contributed by atoms with Crippen molar-refractivity contribution in [3.8, 4) is 0 Å². The molecule has 4 aliphatic carbocycles. The van der Waals surface area contributed by atoms with E-state index in [1.807, 2.05) is 0 Å². The van der Waals surface area contributed by atoms with Gasteiger partial charge < -0.3 is 9.90 Å². The first-order valence-electron chi connectivity index (χ1n) is 11.8. The summed E-state index contributed by atoms with van der Waals surface area (Å²) in [7, 11) is 0. The van der Waals surface area contributed by atoms with Crippen LogP contribution in [0, 0.1) is 46.3 Å². The van der Waals surface area contributed by atoms with Crippen molar-refractivity contribution in [2.45, 2.75) is 91.6 Å². The molecule has 0 amide bonds. The molecule has 4 aliphatic rings. The maximum absolute atomic E-state index is 13.7. The molecule has 0 bridgehead atoms. The second-order valence-corrected chi connectivity index (χ2v) is 11.4. The summed E-state index contributed by atoms with van der Waals surface area (Å²) in [5, 5.41) is 10.2. The third kappa shape index (κ3) is 3.16. The Morgan fingerprint density at radius 2 is 1.86 bits per heavy atom. The molecule has 4 rings (SSSR count). The highest BCUT2D eigenvalue weighted by atomic mass is 16.3. The van der Waals surface area contributed by atoms with Gasteiger partial charge in [0.05, 0.1) is 6.10 Å². The minimum absolute atomic E-state index is 0.00707. The Balaban J connectivity index is 1.62. The Morgan fingerprint density at radius 3 is 2.55 bits per heavy atom. The van der Waals surface area contributed by atoms with Gasteiger partial charge in [-0.05, 0) is 80.5 Å². The lowest BCUT2D eigenvalue weighted by Gasteiger charge is -2.59. The van der Waals surface area contributed by atoms with Crippen LogP contribution in [0.5, 0.6) is 0 Å². The van der Waals surface area contributed by atoms with E-state index in [0.29, 0.717) is 43.2 Å². The van der Waals surface area contributed by atoms with Crippen molar-refractivity contribution in [3.63, 3.8) is 0 Å². The SMILES string of the molecule is CC(=O)CC[C@@H](C)[C@H]1CC[C@H]2[C@@H]3C(=O)C[C@@H]4C[C@H](O)CC[C@]4(C)[C@H]3CC(=O)[C@]12C. The van der Waals surface area contributed by atoms with Crippen molar-refractivity contribution in [3.05, 3.63) is 0 Å². The molecular formula is C25H38O4. The molecule has 1 N–H and O–H groups in total. The van der Waals surface area contributed by atoms with Gasteiger partial charge in [-0.25, -0.2) is 0 Å². The number of aliphatic hydroxyl groups is 1. The van der Waals surface area contributed by atoms with Crippen molar-refractivity contribution in [1.29, 1.82) is 0 Å². The quantitative estimate of drug-likeness (QED) is 0.758. The molecule has 162 valence electrons. The van der Waals surface area contributed by atoms with E-state index in [-0.39, 0.29) is 46.9 Å². The second-order valence-electron chi connectivity index (χ2n) is 11.4. The molecule has 0 aromatic rings. The Hall–Kier alpha value is -1.03. The maximum Gasteiger partial charge on any atom is 0.139 e. The molecule has 4 nitrogen and oxygen atoms in total. The van der Waals surface area contributed by atoms with E-state index in [2.05, 4.69) is 20.8 Å². The average molecular weight is 403 g/mol. The van der Waals surface area contributed by atoms with Gasteiger partial charge >= 0.3 is 0 Å². The van der Waals surface area contributed by atoms with Gasteiger partial charge in [-0.3, -0.25) is 9.59 Å². The Morgan fingerprint density at radius 1 is 1.14 bits per heavy atom. The minimum atomic E-state index is -0.412. The van der Waals surface area contributed by atoms with Gasteiger partial charge in [0.1, 0.15) is 17.3 Å². The zero-order valence-electron chi connectivity index (χ0n) is 18.6. The highest BCUT2D eigenvalue weighted by Crippen LogP contribution is 2.66. The maximum atomic E-state index is 13.7. The van der Waals surface area contributed by atoms with E-state index in [9.17, 15) is 19.5 Å². The van der Waals surface area contributed by atoms with E-state index >= 15 is 0 Å². The number of hydrogen-bond acceptors (Lipinski definition) is 4. The molecule has 4 fully saturated rings. The molecule has 0 aromatic heterocycles. The summed E-state index contributed by atoms with van der Waals surface area (Å²) in [6, 6.07) is 0. The van der Waals surface area contributed by atoms with Crippen LogP contribution in [0.4, 0.5) is 0 Å². The lowest BCUT2D eigenvalue weighted by molar-refractivity contribution is -0.168. The van der Waals surface area contributed by atoms with Crippen molar-refractivity contribution in [2.24, 2.45) is 46.3 Å². The summed E-state index contributed by atoms with van der Waals surface area (Å²) in [5.74, 6) is 2.10. The van der Waals surface area contributed by atoms with Crippen LogP contribution < -0.4 is 0 Å². The predicted molar refractivity (Wildman–Crippen MR) is 111 cm³/mol. The normalized spacial score (nSPS) is 47.9. The Bertz CT molecular complexity index is 714. The molecule has 29 heavy (non-hydrogen) atoms. The number of rotatable bonds is 4. The van der Waals surface area contributed by atoms with Gasteiger partial charge in [0, 0.05) is 30.6 Å². The summed E-state index contributed by atoms with van der Waals surface area (Å²) in [6.45, 7) is 8.28. The van der Waals surface area contributed by atoms with Gasteiger partial charge in [0.2, 0.25) is 0 Å². The largest absolute Gasteiger partial charge is 0.393 e. The zero-order chi connectivity index (χ0) is 21.1. The highest BCUT2D eigenvalue weighted by molar-refractivity contribution is 5.92. The summed E-state index contributed by atoms with van der Waals surface area (Å²) in [5.41, 5.74) is -0.405. The molecule has 0 radical (unpaired) electrons. The monoisotopic (exact) mass is 402 g/mol. The van der Waals surface area contributed by atoms with Crippen LogP contribution in [-0.2, 0) is 14.4 Å². The van der Waals surface area contributed by atoms with Crippen LogP contribution in [0.1, 0.15) is 85.5 Å². The fraction of sp³-hybridized carbons (Fsp3) is 0.880. The van der Waals surface area contributed by atoms with Crippen molar-refractivity contribution >= 4 is 17.3 Å². The molecule has 0 saturated heterocycles. The first-order chi connectivity index (χ1) is 13.6. The van der Waals surface area contributed by atoms with E-state index in [4.69, 9.17) is 0 Å². The van der Waals surface area contributed by atoms with E-state index in [1.54, 1.807) is 6.92 Å². The van der Waals surface area contributed by atoms with E-state index < -0.39 is 5.41 Å². The summed E-state index contributed by atoms with van der Waals surface area (Å²) in [4.78, 5) is 38.5. The second kappa shape index (κ2) is 7.28. The molecule has 0 unspecified atom stereocenters. The Kier molecular flexibility index (Phi) is 5.33. The fourth-order valence-electron chi connectivity index (χ4n) is 8.21. The summed E-state index contributed by atoms with van der Waals surface area (Å²) >= 11 is 0. The number of ketones is 3. The lowest BCUT2D eigenvalue weighted by atomic mass is 9.43. The van der Waals surface area contributed by atoms with Crippen LogP contribution in [0.3, 0.4) is 0 Å². The van der Waals surface area contributed by atoms with Gasteiger partial charge in [-0.1, -0.05) is 20.8 Å². The number of aliphatic hydroxyl groups excluding tert-OH is 1. The van der Waals surface area contributed by atoms with Crippen molar-refractivity contribution in [2.75, 3.05) is 0 Å². The van der Waals surface area contributed by atoms with Gasteiger partial charge in [-0.2, -0.15) is 0 Å². The number of carbonyl (C=O) groups excluding carboxylic acids is 3. The van der Waals surface area contributed by atoms with Gasteiger partial charge in [0.15, 0.2) is 0 Å². The fourth-order valence-corrected chi connectivity index (χ4v) is 8.21. The van der Waals surface area contributed by atoms with Crippen molar-refractivity contribution in [1.82, 2.24) is 0 Å². The number of carbonyl (C=O) groups is 3. The van der Waals surface area contributed by atoms with E-state index in [0.717, 1.165) is 32.1 Å². The summed E-state index contributed by atoms with van der Waals surface area (Å²) in [6.07, 6.45) is 6.66. The van der Waals surface area contributed by atoms with Crippen LogP contribution in [-0.4, -0.2) is 28.6 Å². The molecular weight excluding hydrogens is 364 g/mol. The Labute approximate surface area is 175 Å². The van der Waals surface area contributed by atoms with Gasteiger partial charge in [-0.15, -0.1) is 0 Å². The molecule has 4 saturated carbocycles. The summed E-state index contributed by atoms with van der Waals surface area (Å²) < 4.78 is 0. The first-order valence-corrected chi connectivity index (χ1v) is 11.8. The molecule has 4 heteroatoms. The van der Waals surface area contributed by atoms with E-state index in [1.165, 1.54) is 0 Å². The number of fused-ring (bicyclic) bond motifs is 5. The topological polar surface area (TPSA) is 71.4 Å². The predicted octanol–water partition coefficient (Wildman–Crippen LogP) is 4.37. The average Bonchev–Trinajstić information content (AvgIpc) is 3.01. The van der Waals surface area contributed by atoms with Crippen LogP contribution in [0.15, 0.2) is 0 Å². The van der Waals surface area contributed by atoms with Crippen molar-refractivity contribution < 1.29 is 19.5 Å². The molecule has 0 aromatic carbocycles. The zero-order valence-corrected chi connectivity index (χ0v) is 18.6. The third-order valence-corrected chi connectivity index (χ3v) is 10.0. The molecule has 0 heterocycles. The highest BCUT2D eigenvalue weighted by Gasteiger charge is 2.66. The standard InChI is InChI=1S/C25H38O4/c1-14(5-6-15(2)26)18-7-8-19-23-20(13-22(29)25(18,19)4)24(3)10-9-17(27)11-16(24)12-21(23)28/h14,16-20,23,27H,5-13H2,1-4H3/t14-,16+,17-,18-,19+,20+,23+,24+,25-/m1/s1. The third-order valence-electron chi connectivity index (χ3n) is 10.0. The van der Waals surface area contributed by atoms with Crippen LogP contribution in [0.25, 0.3) is 0 Å². The molecule has 0 aliphatic heterocycles. The number of Topliss-reactive ketones (excluding diaryl/α,β-unsaturated/α-hetero) is 3. The van der Waals surface area contributed by atoms with Crippen LogP contribution >= 0.6 is 0 Å². The number of hydrogen-bond donors (Lipinski definition) is 1. The van der Waals surface area contributed by atoms with Crippen LogP contribution in [0.2, 0.25) is 0 Å². The van der Waals surface area contributed by atoms with Gasteiger partial charge in [0.25, 0.3) is 0 Å². The molecule has 0 spiro atoms.